The number of halogens is 1. The van der Waals surface area contributed by atoms with Crippen molar-refractivity contribution in [3.63, 3.8) is 0 Å². The number of sulfonamides is 1. The normalized spacial score (nSPS) is 16.6. The number of carbonyl (C=O) groups excluding carboxylic acids is 1. The molecule has 0 unspecified atom stereocenters. The van der Waals surface area contributed by atoms with Crippen molar-refractivity contribution < 1.29 is 17.9 Å². The molecule has 1 saturated carbocycles. The third kappa shape index (κ3) is 3.81. The first kappa shape index (κ1) is 19.4. The molecule has 1 amide bonds. The number of nitrogens with one attached hydrogen (secondary N) is 1. The van der Waals surface area contributed by atoms with Crippen LogP contribution in [0.4, 0.5) is 5.69 Å². The largest absolute Gasteiger partial charge is 0.495 e. The fourth-order valence-electron chi connectivity index (χ4n) is 3.44. The topological polar surface area (TPSA) is 75.7 Å². The van der Waals surface area contributed by atoms with Gasteiger partial charge in [0.2, 0.25) is 10.0 Å². The molecule has 1 heterocycles. The summed E-state index contributed by atoms with van der Waals surface area (Å²) in [6.45, 7) is 0.599. The molecule has 2 aliphatic rings. The summed E-state index contributed by atoms with van der Waals surface area (Å²) in [5.41, 5.74) is 2.30. The van der Waals surface area contributed by atoms with Crippen LogP contribution in [-0.2, 0) is 16.4 Å². The van der Waals surface area contributed by atoms with Gasteiger partial charge in [0, 0.05) is 28.3 Å². The minimum Gasteiger partial charge on any atom is -0.495 e. The summed E-state index contributed by atoms with van der Waals surface area (Å²) < 4.78 is 34.3. The number of hydrogen-bond acceptors (Lipinski definition) is 4. The number of carbonyl (C=O) groups is 1. The maximum atomic E-state index is 13.2. The number of ether oxygens (including phenoxy) is 1. The van der Waals surface area contributed by atoms with Gasteiger partial charge in [0.25, 0.3) is 5.91 Å². The zero-order valence-corrected chi connectivity index (χ0v) is 17.8. The van der Waals surface area contributed by atoms with E-state index in [-0.39, 0.29) is 22.6 Å². The first-order valence-corrected chi connectivity index (χ1v) is 11.5. The number of benzene rings is 2. The summed E-state index contributed by atoms with van der Waals surface area (Å²) in [6.07, 6.45) is 3.44. The molecule has 4 rings (SSSR count). The third-order valence-electron chi connectivity index (χ3n) is 5.00. The highest BCUT2D eigenvalue weighted by Crippen LogP contribution is 2.33. The lowest BCUT2D eigenvalue weighted by Gasteiger charge is -2.30. The second-order valence-electron chi connectivity index (χ2n) is 7.09. The van der Waals surface area contributed by atoms with Gasteiger partial charge in [0.15, 0.2) is 0 Å². The zero-order valence-electron chi connectivity index (χ0n) is 15.4. The second-order valence-corrected chi connectivity index (χ2v) is 9.69. The molecule has 0 saturated heterocycles. The van der Waals surface area contributed by atoms with E-state index in [0.717, 1.165) is 41.4 Å². The van der Waals surface area contributed by atoms with Gasteiger partial charge in [-0.3, -0.25) is 4.79 Å². The molecule has 1 aliphatic carbocycles. The highest BCUT2D eigenvalue weighted by Gasteiger charge is 2.31. The van der Waals surface area contributed by atoms with E-state index in [0.29, 0.717) is 12.1 Å². The minimum absolute atomic E-state index is 0.000731. The van der Waals surface area contributed by atoms with E-state index in [1.165, 1.54) is 13.2 Å². The van der Waals surface area contributed by atoms with Crippen molar-refractivity contribution in [1.29, 1.82) is 0 Å². The van der Waals surface area contributed by atoms with E-state index in [9.17, 15) is 13.2 Å². The van der Waals surface area contributed by atoms with Gasteiger partial charge >= 0.3 is 0 Å². The van der Waals surface area contributed by atoms with Gasteiger partial charge in [-0.15, -0.1) is 0 Å². The van der Waals surface area contributed by atoms with Gasteiger partial charge in [-0.05, 0) is 67.6 Å². The van der Waals surface area contributed by atoms with Gasteiger partial charge in [-0.1, -0.05) is 15.9 Å². The standard InChI is InChI=1S/C20H21BrN2O4S/c1-27-18-9-4-14(12-19(18)28(25,26)22-16-6-7-16)20(24)23-10-2-3-13-11-15(21)5-8-17(13)23/h4-5,8-9,11-12,16,22H,2-3,6-7,10H2,1H3. The molecule has 148 valence electrons. The Balaban J connectivity index is 1.70. The molecular weight excluding hydrogens is 444 g/mol. The lowest BCUT2D eigenvalue weighted by atomic mass is 10.0. The maximum absolute atomic E-state index is 13.2. The Morgan fingerprint density at radius 3 is 2.71 bits per heavy atom. The highest BCUT2D eigenvalue weighted by molar-refractivity contribution is 9.10. The van der Waals surface area contributed by atoms with Crippen molar-refractivity contribution in [2.75, 3.05) is 18.6 Å². The molecule has 0 aromatic heterocycles. The third-order valence-corrected chi connectivity index (χ3v) is 7.04. The summed E-state index contributed by atoms with van der Waals surface area (Å²) in [7, 11) is -2.32. The van der Waals surface area contributed by atoms with Crippen LogP contribution in [0.15, 0.2) is 45.8 Å². The molecule has 0 spiro atoms. The van der Waals surface area contributed by atoms with Crippen molar-refractivity contribution in [3.8, 4) is 5.75 Å². The predicted molar refractivity (Wildman–Crippen MR) is 110 cm³/mol. The Labute approximate surface area is 173 Å². The number of rotatable bonds is 5. The Bertz CT molecular complexity index is 1030. The smallest absolute Gasteiger partial charge is 0.258 e. The molecule has 0 bridgehead atoms. The SMILES string of the molecule is COc1ccc(C(=O)N2CCCc3cc(Br)ccc32)cc1S(=O)(=O)NC1CC1. The minimum atomic E-state index is -3.74. The molecule has 1 N–H and O–H groups in total. The monoisotopic (exact) mass is 464 g/mol. The summed E-state index contributed by atoms with van der Waals surface area (Å²) in [6, 6.07) is 10.4. The number of fused-ring (bicyclic) bond motifs is 1. The van der Waals surface area contributed by atoms with Crippen LogP contribution in [0.25, 0.3) is 0 Å². The molecule has 2 aromatic rings. The van der Waals surface area contributed by atoms with Crippen molar-refractivity contribution in [3.05, 3.63) is 52.0 Å². The Hall–Kier alpha value is -1.90. The Morgan fingerprint density at radius 2 is 2.00 bits per heavy atom. The van der Waals surface area contributed by atoms with Crippen LogP contribution in [0.2, 0.25) is 0 Å². The van der Waals surface area contributed by atoms with Gasteiger partial charge in [0.1, 0.15) is 10.6 Å². The molecule has 8 heteroatoms. The average Bonchev–Trinajstić information content (AvgIpc) is 3.49. The highest BCUT2D eigenvalue weighted by atomic mass is 79.9. The van der Waals surface area contributed by atoms with Crippen LogP contribution in [0, 0.1) is 0 Å². The van der Waals surface area contributed by atoms with E-state index in [4.69, 9.17) is 4.74 Å². The average molecular weight is 465 g/mol. The molecular formula is C20H21BrN2O4S. The van der Waals surface area contributed by atoms with Gasteiger partial charge < -0.3 is 9.64 Å². The van der Waals surface area contributed by atoms with Gasteiger partial charge in [-0.2, -0.15) is 0 Å². The molecule has 0 atom stereocenters. The van der Waals surface area contributed by atoms with Crippen molar-refractivity contribution in [2.45, 2.75) is 36.6 Å². The van der Waals surface area contributed by atoms with Crippen LogP contribution in [0.3, 0.4) is 0 Å². The van der Waals surface area contributed by atoms with Gasteiger partial charge in [0.05, 0.1) is 7.11 Å². The summed E-state index contributed by atoms with van der Waals surface area (Å²) in [4.78, 5) is 14.9. The lowest BCUT2D eigenvalue weighted by molar-refractivity contribution is 0.0985. The van der Waals surface area contributed by atoms with E-state index in [1.54, 1.807) is 17.0 Å². The van der Waals surface area contributed by atoms with Crippen LogP contribution in [0.1, 0.15) is 35.2 Å². The number of hydrogen-bond donors (Lipinski definition) is 1. The molecule has 0 radical (unpaired) electrons. The number of anilines is 1. The molecule has 2 aromatic carbocycles. The Kier molecular flexibility index (Phi) is 5.20. The quantitative estimate of drug-likeness (QED) is 0.734. The van der Waals surface area contributed by atoms with E-state index in [2.05, 4.69) is 20.7 Å². The summed E-state index contributed by atoms with van der Waals surface area (Å²) in [5.74, 6) is 0.0153. The summed E-state index contributed by atoms with van der Waals surface area (Å²) >= 11 is 3.47. The first-order valence-electron chi connectivity index (χ1n) is 9.20. The van der Waals surface area contributed by atoms with Gasteiger partial charge in [-0.25, -0.2) is 13.1 Å². The van der Waals surface area contributed by atoms with Crippen LogP contribution in [0.5, 0.6) is 5.75 Å². The van der Waals surface area contributed by atoms with E-state index >= 15 is 0 Å². The van der Waals surface area contributed by atoms with E-state index in [1.807, 2.05) is 18.2 Å². The van der Waals surface area contributed by atoms with Crippen LogP contribution >= 0.6 is 15.9 Å². The lowest BCUT2D eigenvalue weighted by Crippen LogP contribution is -2.35. The second kappa shape index (κ2) is 7.50. The van der Waals surface area contributed by atoms with Crippen LogP contribution < -0.4 is 14.4 Å². The molecule has 28 heavy (non-hydrogen) atoms. The molecule has 1 aliphatic heterocycles. The summed E-state index contributed by atoms with van der Waals surface area (Å²) in [5, 5.41) is 0. The predicted octanol–water partition coefficient (Wildman–Crippen LogP) is 3.49. The van der Waals surface area contributed by atoms with E-state index < -0.39 is 10.0 Å². The number of nitrogens with zero attached hydrogens (tertiary/aromatic N) is 1. The number of aryl methyl sites for hydroxylation is 1. The van der Waals surface area contributed by atoms with Crippen molar-refractivity contribution in [2.24, 2.45) is 0 Å². The maximum Gasteiger partial charge on any atom is 0.258 e. The molecule has 6 nitrogen and oxygen atoms in total. The van der Waals surface area contributed by atoms with Crippen LogP contribution in [-0.4, -0.2) is 34.0 Å². The number of amides is 1. The fourth-order valence-corrected chi connectivity index (χ4v) is 5.34. The zero-order chi connectivity index (χ0) is 19.9. The van der Waals surface area contributed by atoms with Crippen molar-refractivity contribution >= 4 is 37.5 Å². The number of methoxy groups -OCH3 is 1. The molecule has 1 fully saturated rings. The first-order chi connectivity index (χ1) is 13.4. The fraction of sp³-hybridized carbons (Fsp3) is 0.350. The van der Waals surface area contributed by atoms with Crippen molar-refractivity contribution in [1.82, 2.24) is 4.72 Å². The Morgan fingerprint density at radius 1 is 1.21 bits per heavy atom.